The lowest BCUT2D eigenvalue weighted by atomic mass is 10.1. The van der Waals surface area contributed by atoms with Crippen molar-refractivity contribution in [3.05, 3.63) is 35.9 Å². The predicted octanol–water partition coefficient (Wildman–Crippen LogP) is 1.12. The van der Waals surface area contributed by atoms with Gasteiger partial charge in [-0.05, 0) is 12.0 Å². The van der Waals surface area contributed by atoms with Crippen molar-refractivity contribution < 1.29 is 4.79 Å². The Balaban J connectivity index is 2.26. The third-order valence-corrected chi connectivity index (χ3v) is 2.11. The first-order valence-corrected chi connectivity index (χ1v) is 4.97. The van der Waals surface area contributed by atoms with Crippen molar-refractivity contribution in [1.29, 1.82) is 0 Å². The minimum Gasteiger partial charge on any atom is -0.350 e. The van der Waals surface area contributed by atoms with Gasteiger partial charge < -0.3 is 5.73 Å². The van der Waals surface area contributed by atoms with Crippen molar-refractivity contribution in [2.75, 3.05) is 0 Å². The number of amides is 2. The fraction of sp³-hybridized carbons (Fsp3) is 0.200. The van der Waals surface area contributed by atoms with E-state index in [1.807, 2.05) is 30.3 Å². The number of hydrazine groups is 1. The average Bonchev–Trinajstić information content (AvgIpc) is 2.25. The van der Waals surface area contributed by atoms with Crippen molar-refractivity contribution in [3.63, 3.8) is 0 Å². The van der Waals surface area contributed by atoms with Gasteiger partial charge in [0.2, 0.25) is 0 Å². The van der Waals surface area contributed by atoms with Crippen molar-refractivity contribution in [3.8, 4) is 0 Å². The smallest absolute Gasteiger partial charge is 0.330 e. The van der Waals surface area contributed by atoms with Crippen LogP contribution < -0.4 is 16.6 Å². The molecular formula is C10H13N3OS. The van der Waals surface area contributed by atoms with E-state index in [0.29, 0.717) is 11.4 Å². The van der Waals surface area contributed by atoms with Crippen LogP contribution in [0.2, 0.25) is 0 Å². The minimum absolute atomic E-state index is 0.567. The highest BCUT2D eigenvalue weighted by molar-refractivity contribution is 7.80. The summed E-state index contributed by atoms with van der Waals surface area (Å²) in [6.07, 6.45) is 1.52. The molecule has 5 heteroatoms. The number of rotatable bonds is 3. The molecular weight excluding hydrogens is 210 g/mol. The molecule has 1 rings (SSSR count). The van der Waals surface area contributed by atoms with Crippen LogP contribution in [-0.2, 0) is 6.42 Å². The first-order valence-electron chi connectivity index (χ1n) is 4.56. The van der Waals surface area contributed by atoms with Gasteiger partial charge >= 0.3 is 6.03 Å². The molecule has 0 aliphatic carbocycles. The molecule has 0 aliphatic rings. The quantitative estimate of drug-likeness (QED) is 0.531. The molecule has 2 amide bonds. The van der Waals surface area contributed by atoms with Crippen molar-refractivity contribution in [1.82, 2.24) is 10.9 Å². The molecule has 0 heterocycles. The first-order chi connectivity index (χ1) is 7.18. The Labute approximate surface area is 93.8 Å². The number of benzene rings is 1. The van der Waals surface area contributed by atoms with E-state index in [1.54, 1.807) is 0 Å². The van der Waals surface area contributed by atoms with Crippen LogP contribution in [0.15, 0.2) is 30.3 Å². The second-order valence-electron chi connectivity index (χ2n) is 3.02. The molecule has 15 heavy (non-hydrogen) atoms. The fourth-order valence-electron chi connectivity index (χ4n) is 1.10. The molecule has 4 nitrogen and oxygen atoms in total. The van der Waals surface area contributed by atoms with Gasteiger partial charge in [-0.15, -0.1) is 0 Å². The van der Waals surface area contributed by atoms with Gasteiger partial charge in [0, 0.05) is 6.42 Å². The molecule has 0 saturated heterocycles. The number of aryl methyl sites for hydroxylation is 1. The van der Waals surface area contributed by atoms with Gasteiger partial charge in [-0.3, -0.25) is 10.9 Å². The van der Waals surface area contributed by atoms with E-state index >= 15 is 0 Å². The molecule has 1 aromatic rings. The predicted molar refractivity (Wildman–Crippen MR) is 63.2 cm³/mol. The summed E-state index contributed by atoms with van der Waals surface area (Å²) in [4.78, 5) is 10.9. The SMILES string of the molecule is NC(=O)NNC(=S)CCc1ccccc1. The maximum Gasteiger partial charge on any atom is 0.330 e. The number of thiocarbonyl (C=S) groups is 1. The molecule has 0 spiro atoms. The molecule has 0 unspecified atom stereocenters. The molecule has 4 N–H and O–H groups in total. The molecule has 0 aromatic heterocycles. The van der Waals surface area contributed by atoms with Crippen LogP contribution in [0, 0.1) is 0 Å². The molecule has 1 aromatic carbocycles. The lowest BCUT2D eigenvalue weighted by molar-refractivity contribution is 0.247. The molecule has 0 radical (unpaired) electrons. The highest BCUT2D eigenvalue weighted by Gasteiger charge is 1.98. The molecule has 0 atom stereocenters. The maximum atomic E-state index is 10.4. The van der Waals surface area contributed by atoms with Crippen LogP contribution in [0.25, 0.3) is 0 Å². The second kappa shape index (κ2) is 5.98. The summed E-state index contributed by atoms with van der Waals surface area (Å²) in [5.41, 5.74) is 10.9. The summed E-state index contributed by atoms with van der Waals surface area (Å²) < 4.78 is 0. The van der Waals surface area contributed by atoms with E-state index in [9.17, 15) is 4.79 Å². The van der Waals surface area contributed by atoms with Crippen molar-refractivity contribution in [2.24, 2.45) is 5.73 Å². The van der Waals surface area contributed by atoms with Crippen LogP contribution in [0.1, 0.15) is 12.0 Å². The summed E-state index contributed by atoms with van der Waals surface area (Å²) in [6, 6.07) is 9.35. The molecule has 0 fully saturated rings. The molecule has 0 bridgehead atoms. The van der Waals surface area contributed by atoms with Gasteiger partial charge in [-0.2, -0.15) is 0 Å². The van der Waals surface area contributed by atoms with E-state index in [2.05, 4.69) is 10.9 Å². The Bertz CT molecular complexity index is 340. The van der Waals surface area contributed by atoms with E-state index in [0.717, 1.165) is 6.42 Å². The lowest BCUT2D eigenvalue weighted by Gasteiger charge is -2.07. The number of nitrogens with one attached hydrogen (secondary N) is 2. The topological polar surface area (TPSA) is 67.2 Å². The van der Waals surface area contributed by atoms with E-state index in [1.165, 1.54) is 5.56 Å². The molecule has 0 aliphatic heterocycles. The van der Waals surface area contributed by atoms with E-state index in [-0.39, 0.29) is 0 Å². The zero-order chi connectivity index (χ0) is 11.1. The van der Waals surface area contributed by atoms with Gasteiger partial charge in [-0.1, -0.05) is 42.5 Å². The van der Waals surface area contributed by atoms with Crippen LogP contribution in [0.5, 0.6) is 0 Å². The Morgan fingerprint density at radius 1 is 1.27 bits per heavy atom. The van der Waals surface area contributed by atoms with Crippen LogP contribution in [0.4, 0.5) is 4.79 Å². The number of carbonyl (C=O) groups is 1. The van der Waals surface area contributed by atoms with Gasteiger partial charge in [0.25, 0.3) is 0 Å². The van der Waals surface area contributed by atoms with E-state index in [4.69, 9.17) is 18.0 Å². The van der Waals surface area contributed by atoms with Gasteiger partial charge in [0.15, 0.2) is 0 Å². The number of hydrogen-bond acceptors (Lipinski definition) is 2. The monoisotopic (exact) mass is 223 g/mol. The van der Waals surface area contributed by atoms with Crippen LogP contribution in [-0.4, -0.2) is 11.0 Å². The second-order valence-corrected chi connectivity index (χ2v) is 3.52. The average molecular weight is 223 g/mol. The third kappa shape index (κ3) is 4.97. The van der Waals surface area contributed by atoms with Crippen molar-refractivity contribution >= 4 is 23.2 Å². The zero-order valence-corrected chi connectivity index (χ0v) is 9.01. The normalized spacial score (nSPS) is 9.33. The number of urea groups is 1. The summed E-state index contributed by atoms with van der Waals surface area (Å²) >= 11 is 4.99. The first kappa shape index (κ1) is 11.5. The van der Waals surface area contributed by atoms with Gasteiger partial charge in [0.05, 0.1) is 4.99 Å². The Kier molecular flexibility index (Phi) is 4.56. The highest BCUT2D eigenvalue weighted by Crippen LogP contribution is 2.02. The van der Waals surface area contributed by atoms with Crippen LogP contribution >= 0.6 is 12.2 Å². The molecule has 80 valence electrons. The zero-order valence-electron chi connectivity index (χ0n) is 8.19. The van der Waals surface area contributed by atoms with Crippen LogP contribution in [0.3, 0.4) is 0 Å². The third-order valence-electron chi connectivity index (χ3n) is 1.81. The number of nitrogens with two attached hydrogens (primary N) is 1. The largest absolute Gasteiger partial charge is 0.350 e. The maximum absolute atomic E-state index is 10.4. The minimum atomic E-state index is -0.642. The molecule has 0 saturated carbocycles. The summed E-state index contributed by atoms with van der Waals surface area (Å²) in [5.74, 6) is 0. The Hall–Kier alpha value is -1.62. The number of hydrogen-bond donors (Lipinski definition) is 3. The Morgan fingerprint density at radius 2 is 1.93 bits per heavy atom. The van der Waals surface area contributed by atoms with Gasteiger partial charge in [0.1, 0.15) is 0 Å². The number of primary amides is 1. The standard InChI is InChI=1S/C10H13N3OS/c11-10(14)13-12-9(15)7-6-8-4-2-1-3-5-8/h1-5H,6-7H2,(H,12,15)(H3,11,13,14). The lowest BCUT2D eigenvalue weighted by Crippen LogP contribution is -2.43. The summed E-state index contributed by atoms with van der Waals surface area (Å²) in [6.45, 7) is 0. The van der Waals surface area contributed by atoms with E-state index < -0.39 is 6.03 Å². The fourth-order valence-corrected chi connectivity index (χ4v) is 1.25. The number of carbonyl (C=O) groups excluding carboxylic acids is 1. The van der Waals surface area contributed by atoms with Gasteiger partial charge in [-0.25, -0.2) is 4.79 Å². The summed E-state index contributed by atoms with van der Waals surface area (Å²) in [7, 11) is 0. The Morgan fingerprint density at radius 3 is 2.53 bits per heavy atom. The highest BCUT2D eigenvalue weighted by atomic mass is 32.1. The summed E-state index contributed by atoms with van der Waals surface area (Å²) in [5, 5.41) is 0. The van der Waals surface area contributed by atoms with Crippen molar-refractivity contribution in [2.45, 2.75) is 12.8 Å².